The molecular formula is C13H16N2O2. The summed E-state index contributed by atoms with van der Waals surface area (Å²) < 4.78 is 0. The standard InChI is InChI=1S/C13H16N2O2/c14-10-4-1-9(2-5-10)3-6-13(17)15-11-7-12(16)8-11/h1-6,11-12,16H,7-8,14H2,(H,15,17)/b6-3+. The number of aliphatic hydroxyl groups excluding tert-OH is 1. The second-order valence-corrected chi connectivity index (χ2v) is 4.33. The average molecular weight is 232 g/mol. The summed E-state index contributed by atoms with van der Waals surface area (Å²) in [4.78, 5) is 11.5. The molecule has 0 aromatic heterocycles. The summed E-state index contributed by atoms with van der Waals surface area (Å²) in [7, 11) is 0. The smallest absolute Gasteiger partial charge is 0.244 e. The maximum absolute atomic E-state index is 11.5. The molecule has 4 N–H and O–H groups in total. The van der Waals surface area contributed by atoms with Crippen LogP contribution in [0.25, 0.3) is 6.08 Å². The number of nitrogens with one attached hydrogen (secondary N) is 1. The van der Waals surface area contributed by atoms with Crippen LogP contribution < -0.4 is 11.1 Å². The average Bonchev–Trinajstić information content (AvgIpc) is 2.26. The van der Waals surface area contributed by atoms with Gasteiger partial charge in [-0.05, 0) is 36.6 Å². The lowest BCUT2D eigenvalue weighted by molar-refractivity contribution is -0.118. The summed E-state index contributed by atoms with van der Waals surface area (Å²) in [6.07, 6.45) is 4.30. The number of nitrogen functional groups attached to an aromatic ring is 1. The molecule has 1 aromatic carbocycles. The summed E-state index contributed by atoms with van der Waals surface area (Å²) in [6, 6.07) is 7.41. The van der Waals surface area contributed by atoms with E-state index < -0.39 is 0 Å². The quantitative estimate of drug-likeness (QED) is 0.536. The van der Waals surface area contributed by atoms with E-state index in [0.717, 1.165) is 5.56 Å². The van der Waals surface area contributed by atoms with Gasteiger partial charge in [-0.1, -0.05) is 12.1 Å². The van der Waals surface area contributed by atoms with Crippen molar-refractivity contribution in [1.82, 2.24) is 5.32 Å². The normalized spacial score (nSPS) is 23.4. The number of amides is 1. The number of carbonyl (C=O) groups excluding carboxylic acids is 1. The van der Waals surface area contributed by atoms with Crippen LogP contribution in [0.4, 0.5) is 5.69 Å². The van der Waals surface area contributed by atoms with Crippen LogP contribution in [-0.2, 0) is 4.79 Å². The van der Waals surface area contributed by atoms with E-state index in [4.69, 9.17) is 10.8 Å². The van der Waals surface area contributed by atoms with Gasteiger partial charge in [-0.15, -0.1) is 0 Å². The van der Waals surface area contributed by atoms with E-state index in [9.17, 15) is 4.79 Å². The Labute approximate surface area is 100 Å². The minimum absolute atomic E-state index is 0.119. The second-order valence-electron chi connectivity index (χ2n) is 4.33. The highest BCUT2D eigenvalue weighted by Gasteiger charge is 2.27. The third-order valence-electron chi connectivity index (χ3n) is 2.82. The number of carbonyl (C=O) groups is 1. The van der Waals surface area contributed by atoms with Crippen LogP contribution in [0.5, 0.6) is 0 Å². The first-order valence-corrected chi connectivity index (χ1v) is 5.65. The molecule has 0 unspecified atom stereocenters. The molecule has 2 rings (SSSR count). The van der Waals surface area contributed by atoms with Crippen LogP contribution in [-0.4, -0.2) is 23.2 Å². The first kappa shape index (κ1) is 11.7. The Hall–Kier alpha value is -1.81. The Balaban J connectivity index is 1.83. The zero-order chi connectivity index (χ0) is 12.3. The van der Waals surface area contributed by atoms with Crippen LogP contribution in [0.15, 0.2) is 30.3 Å². The Kier molecular flexibility index (Phi) is 3.44. The van der Waals surface area contributed by atoms with Crippen LogP contribution in [0.3, 0.4) is 0 Å². The Morgan fingerprint density at radius 1 is 1.35 bits per heavy atom. The molecule has 0 bridgehead atoms. The van der Waals surface area contributed by atoms with Gasteiger partial charge < -0.3 is 16.2 Å². The number of hydrogen-bond acceptors (Lipinski definition) is 3. The molecule has 1 fully saturated rings. The monoisotopic (exact) mass is 232 g/mol. The summed E-state index contributed by atoms with van der Waals surface area (Å²) in [6.45, 7) is 0. The summed E-state index contributed by atoms with van der Waals surface area (Å²) in [5.74, 6) is -0.126. The molecule has 1 saturated carbocycles. The summed E-state index contributed by atoms with van der Waals surface area (Å²) in [5, 5.41) is 11.9. The zero-order valence-electron chi connectivity index (χ0n) is 9.47. The zero-order valence-corrected chi connectivity index (χ0v) is 9.47. The van der Waals surface area contributed by atoms with Crippen LogP contribution in [0.1, 0.15) is 18.4 Å². The van der Waals surface area contributed by atoms with E-state index in [1.807, 2.05) is 12.1 Å². The number of hydrogen-bond donors (Lipinski definition) is 3. The Bertz CT molecular complexity index is 420. The van der Waals surface area contributed by atoms with Crippen molar-refractivity contribution < 1.29 is 9.90 Å². The van der Waals surface area contributed by atoms with Gasteiger partial charge in [0.05, 0.1) is 6.10 Å². The highest BCUT2D eigenvalue weighted by atomic mass is 16.3. The third-order valence-corrected chi connectivity index (χ3v) is 2.82. The van der Waals surface area contributed by atoms with E-state index in [1.165, 1.54) is 6.08 Å². The molecule has 1 amide bonds. The molecule has 1 aliphatic carbocycles. The lowest BCUT2D eigenvalue weighted by Crippen LogP contribution is -2.46. The first-order chi connectivity index (χ1) is 8.13. The molecule has 0 spiro atoms. The predicted octanol–water partition coefficient (Wildman–Crippen LogP) is 0.921. The summed E-state index contributed by atoms with van der Waals surface area (Å²) in [5.41, 5.74) is 7.20. The maximum Gasteiger partial charge on any atom is 0.244 e. The van der Waals surface area contributed by atoms with E-state index >= 15 is 0 Å². The molecule has 4 heteroatoms. The number of rotatable bonds is 3. The van der Waals surface area contributed by atoms with E-state index in [2.05, 4.69) is 5.32 Å². The van der Waals surface area contributed by atoms with Crippen LogP contribution in [0.2, 0.25) is 0 Å². The largest absolute Gasteiger partial charge is 0.399 e. The lowest BCUT2D eigenvalue weighted by atomic mass is 9.89. The molecule has 90 valence electrons. The van der Waals surface area contributed by atoms with Gasteiger partial charge in [0.15, 0.2) is 0 Å². The van der Waals surface area contributed by atoms with Crippen molar-refractivity contribution in [2.24, 2.45) is 0 Å². The van der Waals surface area contributed by atoms with Gasteiger partial charge in [0.25, 0.3) is 0 Å². The van der Waals surface area contributed by atoms with Crippen molar-refractivity contribution in [3.8, 4) is 0 Å². The maximum atomic E-state index is 11.5. The molecule has 0 aliphatic heterocycles. The van der Waals surface area contributed by atoms with E-state index in [1.54, 1.807) is 18.2 Å². The van der Waals surface area contributed by atoms with Crippen molar-refractivity contribution in [3.05, 3.63) is 35.9 Å². The molecule has 0 radical (unpaired) electrons. The fourth-order valence-electron chi connectivity index (χ4n) is 1.73. The topological polar surface area (TPSA) is 75.4 Å². The van der Waals surface area contributed by atoms with Crippen molar-refractivity contribution in [2.75, 3.05) is 5.73 Å². The molecule has 0 heterocycles. The van der Waals surface area contributed by atoms with Crippen molar-refractivity contribution >= 4 is 17.7 Å². The lowest BCUT2D eigenvalue weighted by Gasteiger charge is -2.31. The number of anilines is 1. The van der Waals surface area contributed by atoms with Crippen LogP contribution in [0, 0.1) is 0 Å². The second kappa shape index (κ2) is 5.01. The third kappa shape index (κ3) is 3.32. The number of benzene rings is 1. The molecule has 0 saturated heterocycles. The molecule has 1 aliphatic rings. The first-order valence-electron chi connectivity index (χ1n) is 5.65. The number of nitrogens with two attached hydrogens (primary N) is 1. The van der Waals surface area contributed by atoms with Crippen molar-refractivity contribution in [2.45, 2.75) is 25.0 Å². The molecule has 1 aromatic rings. The molecule has 0 atom stereocenters. The van der Waals surface area contributed by atoms with Gasteiger partial charge in [0, 0.05) is 17.8 Å². The van der Waals surface area contributed by atoms with Gasteiger partial charge in [0.1, 0.15) is 0 Å². The van der Waals surface area contributed by atoms with Crippen molar-refractivity contribution in [3.63, 3.8) is 0 Å². The van der Waals surface area contributed by atoms with Crippen LogP contribution >= 0.6 is 0 Å². The minimum Gasteiger partial charge on any atom is -0.399 e. The van der Waals surface area contributed by atoms with E-state index in [-0.39, 0.29) is 18.1 Å². The fourth-order valence-corrected chi connectivity index (χ4v) is 1.73. The SMILES string of the molecule is Nc1ccc(/C=C/C(=O)NC2CC(O)C2)cc1. The molecular weight excluding hydrogens is 216 g/mol. The van der Waals surface area contributed by atoms with Gasteiger partial charge in [-0.25, -0.2) is 0 Å². The highest BCUT2D eigenvalue weighted by Crippen LogP contribution is 2.19. The molecule has 4 nitrogen and oxygen atoms in total. The summed E-state index contributed by atoms with van der Waals surface area (Å²) >= 11 is 0. The van der Waals surface area contributed by atoms with Gasteiger partial charge in [-0.2, -0.15) is 0 Å². The highest BCUT2D eigenvalue weighted by molar-refractivity contribution is 5.92. The minimum atomic E-state index is -0.249. The van der Waals surface area contributed by atoms with Crippen molar-refractivity contribution in [1.29, 1.82) is 0 Å². The Morgan fingerprint density at radius 3 is 2.59 bits per heavy atom. The number of aliphatic hydroxyl groups is 1. The van der Waals surface area contributed by atoms with Gasteiger partial charge in [-0.3, -0.25) is 4.79 Å². The van der Waals surface area contributed by atoms with Gasteiger partial charge in [0.2, 0.25) is 5.91 Å². The predicted molar refractivity (Wildman–Crippen MR) is 67.1 cm³/mol. The Morgan fingerprint density at radius 2 is 2.00 bits per heavy atom. The van der Waals surface area contributed by atoms with Gasteiger partial charge >= 0.3 is 0 Å². The fraction of sp³-hybridized carbons (Fsp3) is 0.308. The van der Waals surface area contributed by atoms with E-state index in [0.29, 0.717) is 18.5 Å². The molecule has 17 heavy (non-hydrogen) atoms.